The summed E-state index contributed by atoms with van der Waals surface area (Å²) in [7, 11) is -3.95. The summed E-state index contributed by atoms with van der Waals surface area (Å²) in [5, 5.41) is 0. The highest BCUT2D eigenvalue weighted by Crippen LogP contribution is 2.06. The number of hydrogen-bond donors (Lipinski definition) is 0. The molecule has 7 heteroatoms. The SMILES string of the molecule is CCCn1ccc[n+]1C.F[B-](F)(F)F. The Balaban J connectivity index is 0.000000292. The van der Waals surface area contributed by atoms with E-state index in [0.29, 0.717) is 0 Å². The first kappa shape index (κ1) is 13.0. The number of aromatic nitrogens is 2. The molecule has 1 rings (SSSR count). The van der Waals surface area contributed by atoms with Crippen LogP contribution in [-0.2, 0) is 13.6 Å². The Morgan fingerprint density at radius 3 is 2.07 bits per heavy atom. The third-order valence-electron chi connectivity index (χ3n) is 1.42. The van der Waals surface area contributed by atoms with Crippen LogP contribution in [0.1, 0.15) is 13.3 Å². The molecule has 0 spiro atoms. The fourth-order valence-corrected chi connectivity index (χ4v) is 0.915. The minimum absolute atomic E-state index is 1.11. The van der Waals surface area contributed by atoms with Gasteiger partial charge in [-0.15, -0.1) is 4.68 Å². The van der Waals surface area contributed by atoms with Gasteiger partial charge in [0.25, 0.3) is 0 Å². The molecule has 1 aromatic rings. The van der Waals surface area contributed by atoms with Crippen molar-refractivity contribution in [1.82, 2.24) is 4.68 Å². The number of hydrogen-bond acceptors (Lipinski definition) is 0. The monoisotopic (exact) mass is 212 g/mol. The fourth-order valence-electron chi connectivity index (χ4n) is 0.915. The highest BCUT2D eigenvalue weighted by atomic mass is 19.5. The zero-order valence-electron chi connectivity index (χ0n) is 8.13. The van der Waals surface area contributed by atoms with Crippen LogP contribution < -0.4 is 4.68 Å². The molecule has 14 heavy (non-hydrogen) atoms. The van der Waals surface area contributed by atoms with E-state index >= 15 is 0 Å². The molecule has 82 valence electrons. The number of halogens is 4. The Hall–Kier alpha value is -1.01. The van der Waals surface area contributed by atoms with E-state index in [1.54, 1.807) is 0 Å². The standard InChI is InChI=1S/C7H13N2.BF4/c1-3-5-9-7-4-6-8(9)2;2-1(3,4)5/h4,6-7H,3,5H2,1-2H3;/q+1;-1. The summed E-state index contributed by atoms with van der Waals surface area (Å²) >= 11 is 0. The molecule has 0 fully saturated rings. The second-order valence-corrected chi connectivity index (χ2v) is 2.72. The average molecular weight is 212 g/mol. The lowest BCUT2D eigenvalue weighted by molar-refractivity contribution is -0.753. The smallest absolute Gasteiger partial charge is 0.418 e. The summed E-state index contributed by atoms with van der Waals surface area (Å²) in [5.74, 6) is 0. The van der Waals surface area contributed by atoms with E-state index in [4.69, 9.17) is 0 Å². The molecule has 0 saturated heterocycles. The first-order valence-corrected chi connectivity index (χ1v) is 4.23. The van der Waals surface area contributed by atoms with Crippen molar-refractivity contribution < 1.29 is 21.9 Å². The Morgan fingerprint density at radius 2 is 1.79 bits per heavy atom. The Labute approximate surface area is 80.2 Å². The first-order valence-electron chi connectivity index (χ1n) is 4.23. The van der Waals surface area contributed by atoms with Crippen molar-refractivity contribution in [2.75, 3.05) is 0 Å². The molecule has 0 aliphatic carbocycles. The molecule has 0 radical (unpaired) electrons. The van der Waals surface area contributed by atoms with E-state index in [2.05, 4.69) is 41.8 Å². The third-order valence-corrected chi connectivity index (χ3v) is 1.42. The van der Waals surface area contributed by atoms with Crippen LogP contribution >= 0.6 is 0 Å². The van der Waals surface area contributed by atoms with Crippen molar-refractivity contribution in [2.45, 2.75) is 19.9 Å². The van der Waals surface area contributed by atoms with Crippen LogP contribution in [0, 0.1) is 0 Å². The van der Waals surface area contributed by atoms with Crippen molar-refractivity contribution >= 4 is 7.25 Å². The second-order valence-electron chi connectivity index (χ2n) is 2.72. The van der Waals surface area contributed by atoms with Crippen LogP contribution in [0.15, 0.2) is 18.5 Å². The molecule has 1 aromatic heterocycles. The van der Waals surface area contributed by atoms with Gasteiger partial charge >= 0.3 is 7.25 Å². The molecule has 1 heterocycles. The van der Waals surface area contributed by atoms with Gasteiger partial charge in [-0.3, -0.25) is 0 Å². The van der Waals surface area contributed by atoms with Gasteiger partial charge in [-0.2, -0.15) is 4.68 Å². The Kier molecular flexibility index (Phi) is 5.26. The number of nitrogens with zero attached hydrogens (tertiary/aromatic N) is 2. The maximum atomic E-state index is 9.75. The van der Waals surface area contributed by atoms with Gasteiger partial charge in [0.2, 0.25) is 0 Å². The lowest BCUT2D eigenvalue weighted by atomic mass is 10.3. The minimum Gasteiger partial charge on any atom is -0.418 e. The van der Waals surface area contributed by atoms with Gasteiger partial charge in [-0.25, -0.2) is 0 Å². The molecule has 0 N–H and O–H groups in total. The van der Waals surface area contributed by atoms with E-state index < -0.39 is 7.25 Å². The first-order chi connectivity index (χ1) is 6.34. The molecule has 0 saturated carbocycles. The maximum Gasteiger partial charge on any atom is 0.673 e. The largest absolute Gasteiger partial charge is 0.673 e. The summed E-state index contributed by atoms with van der Waals surface area (Å²) in [6.45, 7) is 3.30. The third kappa shape index (κ3) is 7.63. The summed E-state index contributed by atoms with van der Waals surface area (Å²) in [6, 6.07) is 2.05. The van der Waals surface area contributed by atoms with Gasteiger partial charge < -0.3 is 17.3 Å². The summed E-state index contributed by atoms with van der Waals surface area (Å²) < 4.78 is 43.3. The van der Waals surface area contributed by atoms with Crippen molar-refractivity contribution in [3.8, 4) is 0 Å². The highest BCUT2D eigenvalue weighted by molar-refractivity contribution is 6.50. The van der Waals surface area contributed by atoms with Gasteiger partial charge in [0.1, 0.15) is 0 Å². The number of rotatable bonds is 2. The molecule has 0 atom stereocenters. The van der Waals surface area contributed by atoms with E-state index in [0.717, 1.165) is 6.54 Å². The van der Waals surface area contributed by atoms with E-state index in [1.165, 1.54) is 6.42 Å². The predicted molar refractivity (Wildman–Crippen MR) is 46.1 cm³/mol. The topological polar surface area (TPSA) is 8.81 Å². The fraction of sp³-hybridized carbons (Fsp3) is 0.571. The van der Waals surface area contributed by atoms with Crippen LogP contribution in [0.3, 0.4) is 0 Å². The zero-order valence-corrected chi connectivity index (χ0v) is 8.13. The van der Waals surface area contributed by atoms with Crippen molar-refractivity contribution in [2.24, 2.45) is 7.05 Å². The normalized spacial score (nSPS) is 10.7. The van der Waals surface area contributed by atoms with Crippen LogP contribution in [-0.4, -0.2) is 11.9 Å². The van der Waals surface area contributed by atoms with Crippen molar-refractivity contribution in [1.29, 1.82) is 0 Å². The van der Waals surface area contributed by atoms with Gasteiger partial charge in [0.05, 0.1) is 12.7 Å². The Bertz CT molecular complexity index is 252. The molecule has 0 aromatic carbocycles. The Morgan fingerprint density at radius 1 is 1.29 bits per heavy atom. The highest BCUT2D eigenvalue weighted by Gasteiger charge is 2.20. The van der Waals surface area contributed by atoms with E-state index in [9.17, 15) is 17.3 Å². The molecular formula is C7H13BF4N2. The maximum absolute atomic E-state index is 9.75. The molecule has 0 unspecified atom stereocenters. The van der Waals surface area contributed by atoms with Crippen molar-refractivity contribution in [3.05, 3.63) is 18.5 Å². The lowest BCUT2D eigenvalue weighted by Crippen LogP contribution is -2.37. The molecule has 0 aliphatic rings. The lowest BCUT2D eigenvalue weighted by Gasteiger charge is -1.94. The van der Waals surface area contributed by atoms with Crippen LogP contribution in [0.2, 0.25) is 0 Å². The predicted octanol–water partition coefficient (Wildman–Crippen LogP) is 2.02. The molecular weight excluding hydrogens is 199 g/mol. The van der Waals surface area contributed by atoms with Gasteiger partial charge in [0.15, 0.2) is 13.2 Å². The minimum atomic E-state index is -6.00. The quantitative estimate of drug-likeness (QED) is 0.403. The van der Waals surface area contributed by atoms with Crippen LogP contribution in [0.5, 0.6) is 0 Å². The molecule has 0 aliphatic heterocycles. The van der Waals surface area contributed by atoms with Crippen LogP contribution in [0.25, 0.3) is 0 Å². The molecule has 2 nitrogen and oxygen atoms in total. The summed E-state index contributed by atoms with van der Waals surface area (Å²) in [4.78, 5) is 0. The average Bonchev–Trinajstić information content (AvgIpc) is 2.34. The second kappa shape index (κ2) is 5.67. The molecule has 0 bridgehead atoms. The zero-order chi connectivity index (χ0) is 11.2. The van der Waals surface area contributed by atoms with E-state index in [-0.39, 0.29) is 0 Å². The number of aryl methyl sites for hydroxylation is 2. The molecule has 0 amide bonds. The van der Waals surface area contributed by atoms with Gasteiger partial charge in [-0.1, -0.05) is 6.92 Å². The summed E-state index contributed by atoms with van der Waals surface area (Å²) in [5.41, 5.74) is 0. The van der Waals surface area contributed by atoms with E-state index in [1.807, 2.05) is 0 Å². The van der Waals surface area contributed by atoms with Crippen LogP contribution in [0.4, 0.5) is 17.3 Å². The van der Waals surface area contributed by atoms with Crippen molar-refractivity contribution in [3.63, 3.8) is 0 Å². The van der Waals surface area contributed by atoms with Gasteiger partial charge in [-0.05, 0) is 6.42 Å². The van der Waals surface area contributed by atoms with Gasteiger partial charge in [0, 0.05) is 6.07 Å². The summed E-state index contributed by atoms with van der Waals surface area (Å²) in [6.07, 6.45) is 5.33.